The van der Waals surface area contributed by atoms with E-state index in [1.54, 1.807) is 0 Å². The number of hydrogen-bond acceptors (Lipinski definition) is 4. The predicted molar refractivity (Wildman–Crippen MR) is 109 cm³/mol. The van der Waals surface area contributed by atoms with E-state index in [9.17, 15) is 5.11 Å². The van der Waals surface area contributed by atoms with Crippen LogP contribution in [0.4, 0.5) is 0 Å². The monoisotopic (exact) mass is 372 g/mol. The zero-order valence-corrected chi connectivity index (χ0v) is 16.7. The van der Waals surface area contributed by atoms with Crippen molar-refractivity contribution in [1.82, 2.24) is 9.80 Å². The molecule has 0 amide bonds. The van der Waals surface area contributed by atoms with Crippen molar-refractivity contribution in [1.29, 1.82) is 0 Å². The van der Waals surface area contributed by atoms with Gasteiger partial charge in [0.25, 0.3) is 0 Å². The molecule has 0 aromatic heterocycles. The number of rotatable bonds is 6. The number of piperidine rings is 2. The van der Waals surface area contributed by atoms with Crippen molar-refractivity contribution in [2.24, 2.45) is 5.41 Å². The van der Waals surface area contributed by atoms with E-state index in [0.29, 0.717) is 0 Å². The summed E-state index contributed by atoms with van der Waals surface area (Å²) < 4.78 is 6.05. The molecule has 4 heteroatoms. The van der Waals surface area contributed by atoms with Crippen LogP contribution in [0.5, 0.6) is 5.75 Å². The summed E-state index contributed by atoms with van der Waals surface area (Å²) in [6, 6.07) is 8.63. The van der Waals surface area contributed by atoms with Crippen LogP contribution in [0, 0.1) is 5.41 Å². The van der Waals surface area contributed by atoms with Crippen LogP contribution >= 0.6 is 0 Å². The van der Waals surface area contributed by atoms with Gasteiger partial charge >= 0.3 is 0 Å². The maximum absolute atomic E-state index is 10.5. The molecule has 150 valence electrons. The number of ether oxygens (including phenoxy) is 1. The Bertz CT molecular complexity index is 602. The van der Waals surface area contributed by atoms with E-state index in [-0.39, 0.29) is 11.5 Å². The number of nitrogens with zero attached hydrogens (tertiary/aromatic N) is 2. The Hall–Kier alpha value is -1.10. The lowest BCUT2D eigenvalue weighted by Gasteiger charge is -2.42. The van der Waals surface area contributed by atoms with Gasteiger partial charge in [-0.3, -0.25) is 9.80 Å². The Morgan fingerprint density at radius 3 is 2.63 bits per heavy atom. The smallest absolute Gasteiger partial charge is 0.119 e. The summed E-state index contributed by atoms with van der Waals surface area (Å²) in [5, 5.41) is 10.5. The van der Waals surface area contributed by atoms with Crippen molar-refractivity contribution in [3.05, 3.63) is 29.8 Å². The molecular weight excluding hydrogens is 336 g/mol. The van der Waals surface area contributed by atoms with E-state index in [0.717, 1.165) is 45.0 Å². The minimum absolute atomic E-state index is 0.0928. The van der Waals surface area contributed by atoms with Crippen LogP contribution in [0.15, 0.2) is 24.3 Å². The van der Waals surface area contributed by atoms with E-state index in [1.807, 2.05) is 0 Å². The third kappa shape index (κ3) is 4.85. The Kier molecular flexibility index (Phi) is 6.36. The lowest BCUT2D eigenvalue weighted by molar-refractivity contribution is -0.0120. The SMILES string of the molecule is O[C@@H]1CCC[C@@]12CCCN(Cc1cccc(OCCN3CCCCC3)c1)C2. The summed E-state index contributed by atoms with van der Waals surface area (Å²) >= 11 is 0. The molecule has 3 fully saturated rings. The van der Waals surface area contributed by atoms with E-state index < -0.39 is 0 Å². The summed E-state index contributed by atoms with van der Waals surface area (Å²) in [6.45, 7) is 7.44. The number of hydrogen-bond donors (Lipinski definition) is 1. The molecule has 0 bridgehead atoms. The average molecular weight is 373 g/mol. The fraction of sp³-hybridized carbons (Fsp3) is 0.739. The van der Waals surface area contributed by atoms with Crippen molar-refractivity contribution < 1.29 is 9.84 Å². The van der Waals surface area contributed by atoms with Gasteiger partial charge in [-0.2, -0.15) is 0 Å². The molecule has 4 nitrogen and oxygen atoms in total. The lowest BCUT2D eigenvalue weighted by Crippen LogP contribution is -2.46. The maximum Gasteiger partial charge on any atom is 0.119 e. The van der Waals surface area contributed by atoms with Crippen LogP contribution in [0.1, 0.15) is 56.9 Å². The van der Waals surface area contributed by atoms with E-state index in [4.69, 9.17) is 4.74 Å². The molecule has 2 heterocycles. The molecule has 4 rings (SSSR count). The van der Waals surface area contributed by atoms with Gasteiger partial charge in [-0.1, -0.05) is 25.0 Å². The average Bonchev–Trinajstić information content (AvgIpc) is 3.02. The van der Waals surface area contributed by atoms with Gasteiger partial charge in [-0.05, 0) is 75.9 Å². The maximum atomic E-state index is 10.5. The molecule has 1 aromatic rings. The third-order valence-corrected chi connectivity index (χ3v) is 6.98. The molecule has 0 unspecified atom stereocenters. The summed E-state index contributed by atoms with van der Waals surface area (Å²) in [5.74, 6) is 0.997. The third-order valence-electron chi connectivity index (χ3n) is 6.98. The minimum Gasteiger partial charge on any atom is -0.492 e. The van der Waals surface area contributed by atoms with Crippen molar-refractivity contribution in [3.8, 4) is 5.75 Å². The second-order valence-corrected chi connectivity index (χ2v) is 8.98. The van der Waals surface area contributed by atoms with Crippen LogP contribution in [0.3, 0.4) is 0 Å². The van der Waals surface area contributed by atoms with Gasteiger partial charge in [-0.15, -0.1) is 0 Å². The van der Waals surface area contributed by atoms with Gasteiger partial charge in [0.05, 0.1) is 6.10 Å². The van der Waals surface area contributed by atoms with Gasteiger partial charge in [0.2, 0.25) is 0 Å². The van der Waals surface area contributed by atoms with Crippen LogP contribution in [0.2, 0.25) is 0 Å². The first-order valence-corrected chi connectivity index (χ1v) is 11.1. The predicted octanol–water partition coefficient (Wildman–Crippen LogP) is 3.68. The van der Waals surface area contributed by atoms with Crippen LogP contribution in [0.25, 0.3) is 0 Å². The van der Waals surface area contributed by atoms with E-state index in [2.05, 4.69) is 34.1 Å². The van der Waals surface area contributed by atoms with Gasteiger partial charge in [0, 0.05) is 25.0 Å². The summed E-state index contributed by atoms with van der Waals surface area (Å²) in [7, 11) is 0. The lowest BCUT2D eigenvalue weighted by atomic mass is 9.76. The van der Waals surface area contributed by atoms with Crippen LogP contribution in [-0.4, -0.2) is 60.3 Å². The molecule has 1 aromatic carbocycles. The zero-order valence-electron chi connectivity index (χ0n) is 16.7. The van der Waals surface area contributed by atoms with Crippen molar-refractivity contribution >= 4 is 0 Å². The second-order valence-electron chi connectivity index (χ2n) is 8.98. The van der Waals surface area contributed by atoms with Crippen molar-refractivity contribution in [3.63, 3.8) is 0 Å². The van der Waals surface area contributed by atoms with Gasteiger partial charge in [0.15, 0.2) is 0 Å². The number of aliphatic hydroxyl groups is 1. The van der Waals surface area contributed by atoms with E-state index in [1.165, 1.54) is 63.6 Å². The summed E-state index contributed by atoms with van der Waals surface area (Å²) in [6.07, 6.45) is 9.75. The molecule has 2 aliphatic heterocycles. The number of benzene rings is 1. The molecule has 2 saturated heterocycles. The molecule has 3 aliphatic rings. The molecule has 27 heavy (non-hydrogen) atoms. The quantitative estimate of drug-likeness (QED) is 0.826. The largest absolute Gasteiger partial charge is 0.492 e. The Morgan fingerprint density at radius 1 is 1.00 bits per heavy atom. The fourth-order valence-electron chi connectivity index (χ4n) is 5.46. The highest BCUT2D eigenvalue weighted by molar-refractivity contribution is 5.28. The minimum atomic E-state index is -0.0928. The fourth-order valence-corrected chi connectivity index (χ4v) is 5.46. The Labute approximate surface area is 164 Å². The summed E-state index contributed by atoms with van der Waals surface area (Å²) in [4.78, 5) is 5.07. The highest BCUT2D eigenvalue weighted by Gasteiger charge is 2.44. The standard InChI is InChI=1S/C23H36N2O2/c26-22-9-5-10-23(22)11-6-14-25(19-23)18-20-7-4-8-21(17-20)27-16-15-24-12-2-1-3-13-24/h4,7-8,17,22,26H,1-3,5-6,9-16,18-19H2/t22-,23+/m1/s1. The van der Waals surface area contributed by atoms with Crippen LogP contribution < -0.4 is 4.74 Å². The molecule has 1 aliphatic carbocycles. The molecule has 2 atom stereocenters. The van der Waals surface area contributed by atoms with Gasteiger partial charge in [0.1, 0.15) is 12.4 Å². The highest BCUT2D eigenvalue weighted by atomic mass is 16.5. The number of aliphatic hydroxyl groups excluding tert-OH is 1. The first-order chi connectivity index (χ1) is 13.2. The Morgan fingerprint density at radius 2 is 1.81 bits per heavy atom. The molecule has 0 radical (unpaired) electrons. The normalized spacial score (nSPS) is 30.0. The Balaban J connectivity index is 1.28. The first kappa shape index (κ1) is 19.2. The molecule has 1 N–H and O–H groups in total. The number of likely N-dealkylation sites (tertiary alicyclic amines) is 2. The summed E-state index contributed by atoms with van der Waals surface area (Å²) in [5.41, 5.74) is 1.50. The topological polar surface area (TPSA) is 35.9 Å². The zero-order chi connectivity index (χ0) is 18.5. The highest BCUT2D eigenvalue weighted by Crippen LogP contribution is 2.45. The van der Waals surface area contributed by atoms with E-state index >= 15 is 0 Å². The van der Waals surface area contributed by atoms with Crippen molar-refractivity contribution in [2.75, 3.05) is 39.3 Å². The van der Waals surface area contributed by atoms with Crippen molar-refractivity contribution in [2.45, 2.75) is 64.0 Å². The van der Waals surface area contributed by atoms with Gasteiger partial charge in [-0.25, -0.2) is 0 Å². The first-order valence-electron chi connectivity index (χ1n) is 11.1. The second kappa shape index (κ2) is 8.93. The molecule has 1 spiro atoms. The van der Waals surface area contributed by atoms with Gasteiger partial charge < -0.3 is 9.84 Å². The van der Waals surface area contributed by atoms with Crippen LogP contribution in [-0.2, 0) is 6.54 Å². The molecule has 1 saturated carbocycles. The molecular formula is C23H36N2O2.